The highest BCUT2D eigenvalue weighted by Crippen LogP contribution is 2.32. The predicted molar refractivity (Wildman–Crippen MR) is 52.0 cm³/mol. The van der Waals surface area contributed by atoms with Crippen LogP contribution in [-0.4, -0.2) is 11.2 Å². The Morgan fingerprint density at radius 2 is 1.92 bits per heavy atom. The van der Waals surface area contributed by atoms with Crippen molar-refractivity contribution < 1.29 is 5.11 Å². The van der Waals surface area contributed by atoms with E-state index in [0.717, 1.165) is 12.3 Å². The maximum Gasteiger partial charge on any atom is 0.0540 e. The van der Waals surface area contributed by atoms with Crippen molar-refractivity contribution in [2.75, 3.05) is 0 Å². The molecule has 1 fully saturated rings. The van der Waals surface area contributed by atoms with Crippen LogP contribution in [0.4, 0.5) is 0 Å². The molecule has 1 rings (SSSR count). The molecule has 0 aromatic heterocycles. The second-order valence-electron chi connectivity index (χ2n) is 4.30. The molecule has 0 aromatic carbocycles. The standard InChI is InChI=1S/C11H22O/c1-3-11(9(2)12)8-10-6-4-5-7-10/h9-12H,3-8H2,1-2H3. The van der Waals surface area contributed by atoms with Crippen molar-refractivity contribution in [1.82, 2.24) is 0 Å². The van der Waals surface area contributed by atoms with Gasteiger partial charge in [-0.2, -0.15) is 0 Å². The van der Waals surface area contributed by atoms with E-state index in [-0.39, 0.29) is 6.10 Å². The van der Waals surface area contributed by atoms with Crippen LogP contribution in [0.25, 0.3) is 0 Å². The molecule has 0 bridgehead atoms. The van der Waals surface area contributed by atoms with E-state index in [0.29, 0.717) is 5.92 Å². The molecule has 0 aliphatic heterocycles. The van der Waals surface area contributed by atoms with Gasteiger partial charge in [0.2, 0.25) is 0 Å². The fourth-order valence-electron chi connectivity index (χ4n) is 2.38. The summed E-state index contributed by atoms with van der Waals surface area (Å²) in [6.07, 6.45) is 7.94. The van der Waals surface area contributed by atoms with Crippen LogP contribution in [0.3, 0.4) is 0 Å². The Kier molecular flexibility index (Phi) is 4.07. The van der Waals surface area contributed by atoms with Crippen molar-refractivity contribution in [1.29, 1.82) is 0 Å². The average molecular weight is 170 g/mol. The third kappa shape index (κ3) is 2.78. The van der Waals surface area contributed by atoms with Crippen molar-refractivity contribution >= 4 is 0 Å². The van der Waals surface area contributed by atoms with Gasteiger partial charge in [-0.05, 0) is 25.2 Å². The zero-order valence-electron chi connectivity index (χ0n) is 8.42. The maximum absolute atomic E-state index is 9.47. The Bertz CT molecular complexity index is 114. The van der Waals surface area contributed by atoms with E-state index in [2.05, 4.69) is 6.92 Å². The molecule has 2 unspecified atom stereocenters. The molecule has 1 N–H and O–H groups in total. The van der Waals surface area contributed by atoms with Crippen molar-refractivity contribution in [3.63, 3.8) is 0 Å². The Hall–Kier alpha value is -0.0400. The molecular formula is C11H22O. The first kappa shape index (κ1) is 10.0. The molecule has 12 heavy (non-hydrogen) atoms. The summed E-state index contributed by atoms with van der Waals surface area (Å²) in [5.41, 5.74) is 0. The van der Waals surface area contributed by atoms with Gasteiger partial charge in [-0.3, -0.25) is 0 Å². The van der Waals surface area contributed by atoms with E-state index in [1.165, 1.54) is 32.1 Å². The van der Waals surface area contributed by atoms with Gasteiger partial charge >= 0.3 is 0 Å². The molecule has 1 saturated carbocycles. The Morgan fingerprint density at radius 1 is 1.33 bits per heavy atom. The average Bonchev–Trinajstić information content (AvgIpc) is 2.51. The molecular weight excluding hydrogens is 148 g/mol. The van der Waals surface area contributed by atoms with E-state index >= 15 is 0 Å². The summed E-state index contributed by atoms with van der Waals surface area (Å²) in [4.78, 5) is 0. The summed E-state index contributed by atoms with van der Waals surface area (Å²) < 4.78 is 0. The van der Waals surface area contributed by atoms with Gasteiger partial charge in [-0.15, -0.1) is 0 Å². The summed E-state index contributed by atoms with van der Waals surface area (Å²) >= 11 is 0. The predicted octanol–water partition coefficient (Wildman–Crippen LogP) is 2.97. The van der Waals surface area contributed by atoms with Crippen molar-refractivity contribution in [2.24, 2.45) is 11.8 Å². The summed E-state index contributed by atoms with van der Waals surface area (Å²) in [6, 6.07) is 0. The van der Waals surface area contributed by atoms with Crippen LogP contribution in [0.1, 0.15) is 52.4 Å². The van der Waals surface area contributed by atoms with E-state index in [1.807, 2.05) is 6.92 Å². The molecule has 1 aliphatic rings. The van der Waals surface area contributed by atoms with Gasteiger partial charge in [0.05, 0.1) is 6.10 Å². The SMILES string of the molecule is CCC(CC1CCCC1)C(C)O. The lowest BCUT2D eigenvalue weighted by Crippen LogP contribution is -2.18. The summed E-state index contributed by atoms with van der Waals surface area (Å²) in [5.74, 6) is 1.47. The van der Waals surface area contributed by atoms with Crippen molar-refractivity contribution in [3.05, 3.63) is 0 Å². The zero-order valence-corrected chi connectivity index (χ0v) is 8.42. The number of hydrogen-bond donors (Lipinski definition) is 1. The molecule has 0 saturated heterocycles. The maximum atomic E-state index is 9.47. The number of rotatable bonds is 4. The fraction of sp³-hybridized carbons (Fsp3) is 1.00. The Morgan fingerprint density at radius 3 is 2.33 bits per heavy atom. The van der Waals surface area contributed by atoms with E-state index in [9.17, 15) is 5.11 Å². The molecule has 0 radical (unpaired) electrons. The molecule has 72 valence electrons. The van der Waals surface area contributed by atoms with E-state index in [1.54, 1.807) is 0 Å². The molecule has 2 atom stereocenters. The molecule has 0 aromatic rings. The normalized spacial score (nSPS) is 24.2. The molecule has 1 aliphatic carbocycles. The topological polar surface area (TPSA) is 20.2 Å². The first-order chi connectivity index (χ1) is 5.74. The lowest BCUT2D eigenvalue weighted by molar-refractivity contribution is 0.106. The van der Waals surface area contributed by atoms with Gasteiger partial charge in [-0.1, -0.05) is 39.0 Å². The first-order valence-corrected chi connectivity index (χ1v) is 5.42. The summed E-state index contributed by atoms with van der Waals surface area (Å²) in [6.45, 7) is 4.12. The van der Waals surface area contributed by atoms with Crippen LogP contribution in [0.2, 0.25) is 0 Å². The van der Waals surface area contributed by atoms with Gasteiger partial charge < -0.3 is 5.11 Å². The minimum atomic E-state index is -0.101. The zero-order chi connectivity index (χ0) is 8.97. The van der Waals surface area contributed by atoms with Crippen molar-refractivity contribution in [3.8, 4) is 0 Å². The highest BCUT2D eigenvalue weighted by Gasteiger charge is 2.21. The smallest absolute Gasteiger partial charge is 0.0540 e. The summed E-state index contributed by atoms with van der Waals surface area (Å²) in [5, 5.41) is 9.47. The van der Waals surface area contributed by atoms with E-state index < -0.39 is 0 Å². The van der Waals surface area contributed by atoms with Gasteiger partial charge in [-0.25, -0.2) is 0 Å². The van der Waals surface area contributed by atoms with E-state index in [4.69, 9.17) is 0 Å². The molecule has 0 amide bonds. The second-order valence-corrected chi connectivity index (χ2v) is 4.30. The van der Waals surface area contributed by atoms with Crippen LogP contribution in [0.5, 0.6) is 0 Å². The van der Waals surface area contributed by atoms with Crippen LogP contribution in [0.15, 0.2) is 0 Å². The lowest BCUT2D eigenvalue weighted by atomic mass is 9.88. The fourth-order valence-corrected chi connectivity index (χ4v) is 2.38. The van der Waals surface area contributed by atoms with Gasteiger partial charge in [0.25, 0.3) is 0 Å². The van der Waals surface area contributed by atoms with Crippen LogP contribution in [0, 0.1) is 11.8 Å². The molecule has 0 heterocycles. The summed E-state index contributed by atoms with van der Waals surface area (Å²) in [7, 11) is 0. The highest BCUT2D eigenvalue weighted by atomic mass is 16.3. The number of aliphatic hydroxyl groups is 1. The first-order valence-electron chi connectivity index (χ1n) is 5.42. The minimum Gasteiger partial charge on any atom is -0.393 e. The minimum absolute atomic E-state index is 0.101. The largest absolute Gasteiger partial charge is 0.393 e. The van der Waals surface area contributed by atoms with Crippen LogP contribution in [-0.2, 0) is 0 Å². The molecule has 1 nitrogen and oxygen atoms in total. The second kappa shape index (κ2) is 4.86. The van der Waals surface area contributed by atoms with Gasteiger partial charge in [0.1, 0.15) is 0 Å². The third-order valence-corrected chi connectivity index (χ3v) is 3.32. The Labute approximate surface area is 76.2 Å². The van der Waals surface area contributed by atoms with Crippen LogP contribution < -0.4 is 0 Å². The third-order valence-electron chi connectivity index (χ3n) is 3.32. The highest BCUT2D eigenvalue weighted by molar-refractivity contribution is 4.73. The van der Waals surface area contributed by atoms with Gasteiger partial charge in [0, 0.05) is 0 Å². The molecule has 0 spiro atoms. The Balaban J connectivity index is 2.26. The van der Waals surface area contributed by atoms with Crippen molar-refractivity contribution in [2.45, 2.75) is 58.5 Å². The van der Waals surface area contributed by atoms with Gasteiger partial charge in [0.15, 0.2) is 0 Å². The number of hydrogen-bond acceptors (Lipinski definition) is 1. The quantitative estimate of drug-likeness (QED) is 0.687. The van der Waals surface area contributed by atoms with Crippen LogP contribution >= 0.6 is 0 Å². The lowest BCUT2D eigenvalue weighted by Gasteiger charge is -2.21. The number of aliphatic hydroxyl groups excluding tert-OH is 1. The molecule has 1 heteroatoms. The monoisotopic (exact) mass is 170 g/mol.